The van der Waals surface area contributed by atoms with E-state index in [1.165, 1.54) is 5.56 Å². The highest BCUT2D eigenvalue weighted by atomic mass is 16.1. The summed E-state index contributed by atoms with van der Waals surface area (Å²) < 4.78 is 1.76. The Morgan fingerprint density at radius 1 is 1.07 bits per heavy atom. The Morgan fingerprint density at radius 3 is 2.33 bits per heavy atom. The molecule has 5 nitrogen and oxygen atoms in total. The smallest absolute Gasteiger partial charge is 0.254 e. The first-order valence-corrected chi connectivity index (χ1v) is 9.21. The van der Waals surface area contributed by atoms with Gasteiger partial charge in [0.05, 0.1) is 23.1 Å². The summed E-state index contributed by atoms with van der Waals surface area (Å²) in [6, 6.07) is 17.8. The fourth-order valence-corrected chi connectivity index (χ4v) is 3.01. The molecule has 3 rings (SSSR count). The molecule has 1 amide bonds. The van der Waals surface area contributed by atoms with Gasteiger partial charge in [-0.15, -0.1) is 0 Å². The lowest BCUT2D eigenvalue weighted by Crippen LogP contribution is -2.32. The van der Waals surface area contributed by atoms with Crippen molar-refractivity contribution in [3.05, 3.63) is 83.2 Å². The molecule has 1 unspecified atom stereocenters. The molecule has 1 aromatic heterocycles. The molecule has 5 heteroatoms. The third-order valence-corrected chi connectivity index (χ3v) is 4.77. The summed E-state index contributed by atoms with van der Waals surface area (Å²) in [5.41, 5.74) is 10.8. The Kier molecular flexibility index (Phi) is 5.72. The molecule has 0 bridgehead atoms. The van der Waals surface area contributed by atoms with Crippen molar-refractivity contribution in [3.63, 3.8) is 0 Å². The summed E-state index contributed by atoms with van der Waals surface area (Å²) in [5.74, 6) is 0.322. The Morgan fingerprint density at radius 2 is 1.70 bits per heavy atom. The zero-order valence-corrected chi connectivity index (χ0v) is 16.0. The minimum atomic E-state index is -0.250. The van der Waals surface area contributed by atoms with Crippen LogP contribution < -0.4 is 11.1 Å². The van der Waals surface area contributed by atoms with Crippen LogP contribution in [-0.4, -0.2) is 22.2 Å². The Labute approximate surface area is 160 Å². The molecule has 0 aliphatic rings. The Bertz CT molecular complexity index is 898. The van der Waals surface area contributed by atoms with Gasteiger partial charge in [-0.05, 0) is 36.1 Å². The van der Waals surface area contributed by atoms with Gasteiger partial charge in [0, 0.05) is 12.6 Å². The highest BCUT2D eigenvalue weighted by Crippen LogP contribution is 2.18. The summed E-state index contributed by atoms with van der Waals surface area (Å²) >= 11 is 0. The number of nitrogens with two attached hydrogens (primary N) is 1. The number of aromatic nitrogens is 2. The van der Waals surface area contributed by atoms with Gasteiger partial charge in [-0.3, -0.25) is 4.79 Å². The molecule has 0 aliphatic carbocycles. The monoisotopic (exact) mass is 362 g/mol. The molecular formula is C22H26N4O. The van der Waals surface area contributed by atoms with E-state index < -0.39 is 0 Å². The first kappa shape index (κ1) is 18.9. The van der Waals surface area contributed by atoms with E-state index in [1.807, 2.05) is 49.4 Å². The van der Waals surface area contributed by atoms with Crippen molar-refractivity contribution >= 4 is 5.91 Å². The van der Waals surface area contributed by atoms with Gasteiger partial charge in [-0.25, -0.2) is 4.68 Å². The van der Waals surface area contributed by atoms with Crippen LogP contribution in [0.3, 0.4) is 0 Å². The maximum Gasteiger partial charge on any atom is 0.254 e. The molecule has 3 N–H and O–H groups in total. The molecule has 0 aliphatic heterocycles. The highest BCUT2D eigenvalue weighted by Gasteiger charge is 2.16. The van der Waals surface area contributed by atoms with Crippen LogP contribution in [0, 0.1) is 6.92 Å². The molecule has 1 heterocycles. The number of rotatable bonds is 6. The van der Waals surface area contributed by atoms with Crippen molar-refractivity contribution in [2.75, 3.05) is 6.54 Å². The van der Waals surface area contributed by atoms with Gasteiger partial charge in [-0.2, -0.15) is 5.10 Å². The molecular weight excluding hydrogens is 336 g/mol. The lowest BCUT2D eigenvalue weighted by atomic mass is 9.99. The van der Waals surface area contributed by atoms with Crippen LogP contribution in [0.5, 0.6) is 0 Å². The van der Waals surface area contributed by atoms with Gasteiger partial charge in [0.25, 0.3) is 5.91 Å². The van der Waals surface area contributed by atoms with Gasteiger partial charge in [-0.1, -0.05) is 56.3 Å². The van der Waals surface area contributed by atoms with E-state index in [9.17, 15) is 4.79 Å². The van der Waals surface area contributed by atoms with Crippen molar-refractivity contribution in [2.45, 2.75) is 32.7 Å². The lowest BCUT2D eigenvalue weighted by Gasteiger charge is -2.14. The fraction of sp³-hybridized carbons (Fsp3) is 0.273. The number of hydrogen-bond acceptors (Lipinski definition) is 3. The van der Waals surface area contributed by atoms with Gasteiger partial charge in [0.15, 0.2) is 0 Å². The normalized spacial score (nSPS) is 12.2. The van der Waals surface area contributed by atoms with Crippen LogP contribution in [0.4, 0.5) is 0 Å². The molecule has 27 heavy (non-hydrogen) atoms. The standard InChI is InChI=1S/C22H26N4O/c1-15(2)17-9-11-18(12-10-17)21(23)14-24-22(27)20-13-25-26(16(20)3)19-7-5-4-6-8-19/h4-13,15,21H,14,23H2,1-3H3,(H,24,27). The number of para-hydroxylation sites is 1. The van der Waals surface area contributed by atoms with Crippen LogP contribution in [0.2, 0.25) is 0 Å². The van der Waals surface area contributed by atoms with Crippen molar-refractivity contribution in [1.29, 1.82) is 0 Å². The van der Waals surface area contributed by atoms with E-state index in [1.54, 1.807) is 10.9 Å². The van der Waals surface area contributed by atoms with Crippen LogP contribution in [0.15, 0.2) is 60.8 Å². The fourth-order valence-electron chi connectivity index (χ4n) is 3.01. The first-order chi connectivity index (χ1) is 13.0. The Hall–Kier alpha value is -2.92. The average Bonchev–Trinajstić information content (AvgIpc) is 3.08. The van der Waals surface area contributed by atoms with Crippen LogP contribution in [0.1, 0.15) is 53.0 Å². The number of nitrogens with one attached hydrogen (secondary N) is 1. The topological polar surface area (TPSA) is 72.9 Å². The predicted molar refractivity (Wildman–Crippen MR) is 108 cm³/mol. The van der Waals surface area contributed by atoms with E-state index in [2.05, 4.69) is 36.4 Å². The second-order valence-electron chi connectivity index (χ2n) is 7.03. The predicted octanol–water partition coefficient (Wildman–Crippen LogP) is 3.73. The van der Waals surface area contributed by atoms with Gasteiger partial charge in [0.2, 0.25) is 0 Å². The largest absolute Gasteiger partial charge is 0.350 e. The molecule has 140 valence electrons. The third-order valence-electron chi connectivity index (χ3n) is 4.77. The summed E-state index contributed by atoms with van der Waals surface area (Å²) in [6.45, 7) is 6.58. The maximum absolute atomic E-state index is 12.6. The van der Waals surface area contributed by atoms with Crippen LogP contribution in [0.25, 0.3) is 5.69 Å². The van der Waals surface area contributed by atoms with E-state index in [0.29, 0.717) is 18.0 Å². The van der Waals surface area contributed by atoms with E-state index in [0.717, 1.165) is 16.9 Å². The van der Waals surface area contributed by atoms with Gasteiger partial charge < -0.3 is 11.1 Å². The van der Waals surface area contributed by atoms with Crippen molar-refractivity contribution < 1.29 is 4.79 Å². The molecule has 0 spiro atoms. The summed E-state index contributed by atoms with van der Waals surface area (Å²) in [6.07, 6.45) is 1.60. The van der Waals surface area contributed by atoms with Crippen molar-refractivity contribution in [2.24, 2.45) is 5.73 Å². The average molecular weight is 362 g/mol. The summed E-state index contributed by atoms with van der Waals surface area (Å²) in [4.78, 5) is 12.6. The third kappa shape index (κ3) is 4.26. The van der Waals surface area contributed by atoms with Crippen molar-refractivity contribution in [1.82, 2.24) is 15.1 Å². The SMILES string of the molecule is Cc1c(C(=O)NCC(N)c2ccc(C(C)C)cc2)cnn1-c1ccccc1. The minimum absolute atomic E-state index is 0.163. The van der Waals surface area contributed by atoms with E-state index >= 15 is 0 Å². The quantitative estimate of drug-likeness (QED) is 0.702. The number of benzene rings is 2. The summed E-state index contributed by atoms with van der Waals surface area (Å²) in [7, 11) is 0. The second-order valence-corrected chi connectivity index (χ2v) is 7.03. The van der Waals surface area contributed by atoms with Gasteiger partial charge >= 0.3 is 0 Å². The molecule has 3 aromatic rings. The molecule has 0 saturated carbocycles. The van der Waals surface area contributed by atoms with Crippen molar-refractivity contribution in [3.8, 4) is 5.69 Å². The Balaban J connectivity index is 1.65. The number of hydrogen-bond donors (Lipinski definition) is 2. The van der Waals surface area contributed by atoms with E-state index in [4.69, 9.17) is 5.73 Å². The number of carbonyl (C=O) groups excluding carboxylic acids is 1. The first-order valence-electron chi connectivity index (χ1n) is 9.21. The molecule has 0 radical (unpaired) electrons. The lowest BCUT2D eigenvalue weighted by molar-refractivity contribution is 0.0950. The zero-order valence-electron chi connectivity index (χ0n) is 16.0. The molecule has 1 atom stereocenters. The number of amides is 1. The van der Waals surface area contributed by atoms with Crippen LogP contribution >= 0.6 is 0 Å². The summed E-state index contributed by atoms with van der Waals surface area (Å²) in [5, 5.41) is 7.27. The second kappa shape index (κ2) is 8.18. The van der Waals surface area contributed by atoms with Gasteiger partial charge in [0.1, 0.15) is 0 Å². The minimum Gasteiger partial charge on any atom is -0.350 e. The number of nitrogens with zero attached hydrogens (tertiary/aromatic N) is 2. The van der Waals surface area contributed by atoms with E-state index in [-0.39, 0.29) is 11.9 Å². The molecule has 0 saturated heterocycles. The number of carbonyl (C=O) groups is 1. The molecule has 0 fully saturated rings. The van der Waals surface area contributed by atoms with Crippen LogP contribution in [-0.2, 0) is 0 Å². The molecule has 2 aromatic carbocycles. The maximum atomic E-state index is 12.6. The highest BCUT2D eigenvalue weighted by molar-refractivity contribution is 5.95. The zero-order chi connectivity index (χ0) is 19.4.